The van der Waals surface area contributed by atoms with Crippen molar-refractivity contribution in [2.45, 2.75) is 12.5 Å². The summed E-state index contributed by atoms with van der Waals surface area (Å²) >= 11 is 0. The topological polar surface area (TPSA) is 116 Å². The van der Waals surface area contributed by atoms with Gasteiger partial charge in [-0.3, -0.25) is 9.59 Å². The van der Waals surface area contributed by atoms with Crippen molar-refractivity contribution >= 4 is 11.8 Å². The molecule has 0 saturated heterocycles. The number of carbonyl (C=O) groups excluding carboxylic acids is 2. The quantitative estimate of drug-likeness (QED) is 0.393. The summed E-state index contributed by atoms with van der Waals surface area (Å²) in [4.78, 5) is 20.6. The molecule has 0 bridgehead atoms. The lowest BCUT2D eigenvalue weighted by molar-refractivity contribution is -0.141. The van der Waals surface area contributed by atoms with Crippen LogP contribution in [0.3, 0.4) is 0 Å². The number of nitrogens with two attached hydrogens (primary N) is 2. The number of ether oxygens (including phenoxy) is 1. The third kappa shape index (κ3) is 4.29. The first-order valence-corrected chi connectivity index (χ1v) is 2.88. The Labute approximate surface area is 63.1 Å². The second-order valence-corrected chi connectivity index (χ2v) is 1.86. The van der Waals surface area contributed by atoms with Gasteiger partial charge in [-0.15, -0.1) is 0 Å². The summed E-state index contributed by atoms with van der Waals surface area (Å²) in [7, 11) is 0. The molecule has 0 aromatic heterocycles. The minimum atomic E-state index is -1.13. The van der Waals surface area contributed by atoms with Gasteiger partial charge in [-0.2, -0.15) is 0 Å². The van der Waals surface area contributed by atoms with E-state index in [2.05, 4.69) is 4.74 Å². The maximum absolute atomic E-state index is 10.4. The zero-order valence-corrected chi connectivity index (χ0v) is 5.82. The Hall–Kier alpha value is -1.14. The highest BCUT2D eigenvalue weighted by molar-refractivity contribution is 5.85. The molecule has 0 aliphatic carbocycles. The molecule has 64 valence electrons. The standard InChI is InChI=1S/C5H10N2O4/c6-4(9)1-3(5(7)10)11-2-8/h3,8H,1-2H2,(H2,6,9)(H2,7,10). The number of hydrogen-bond donors (Lipinski definition) is 3. The van der Waals surface area contributed by atoms with Gasteiger partial charge in [-0.05, 0) is 0 Å². The van der Waals surface area contributed by atoms with Crippen molar-refractivity contribution in [1.29, 1.82) is 0 Å². The molecule has 11 heavy (non-hydrogen) atoms. The zero-order chi connectivity index (χ0) is 8.85. The van der Waals surface area contributed by atoms with Gasteiger partial charge in [-0.25, -0.2) is 0 Å². The first kappa shape index (κ1) is 9.86. The SMILES string of the molecule is NC(=O)CC(OCO)C(N)=O. The first-order valence-electron chi connectivity index (χ1n) is 2.88. The number of hydrogen-bond acceptors (Lipinski definition) is 4. The Bertz CT molecular complexity index is 159. The van der Waals surface area contributed by atoms with E-state index in [1.807, 2.05) is 0 Å². The average Bonchev–Trinajstić information content (AvgIpc) is 1.86. The van der Waals surface area contributed by atoms with Crippen LogP contribution in [0.1, 0.15) is 6.42 Å². The van der Waals surface area contributed by atoms with Crippen LogP contribution in [-0.4, -0.2) is 29.8 Å². The van der Waals surface area contributed by atoms with Gasteiger partial charge in [0.1, 0.15) is 12.9 Å². The van der Waals surface area contributed by atoms with Gasteiger partial charge in [0.15, 0.2) is 0 Å². The van der Waals surface area contributed by atoms with Crippen LogP contribution >= 0.6 is 0 Å². The fourth-order valence-electron chi connectivity index (χ4n) is 0.514. The van der Waals surface area contributed by atoms with Gasteiger partial charge < -0.3 is 21.3 Å². The lowest BCUT2D eigenvalue weighted by atomic mass is 10.2. The Morgan fingerprint density at radius 2 is 2.00 bits per heavy atom. The third-order valence-corrected chi connectivity index (χ3v) is 0.980. The zero-order valence-electron chi connectivity index (χ0n) is 5.82. The molecule has 0 saturated carbocycles. The Morgan fingerprint density at radius 1 is 1.45 bits per heavy atom. The summed E-state index contributed by atoms with van der Waals surface area (Å²) < 4.78 is 4.39. The molecule has 0 radical (unpaired) electrons. The molecule has 6 heteroatoms. The molecular weight excluding hydrogens is 152 g/mol. The molecule has 0 heterocycles. The van der Waals surface area contributed by atoms with E-state index in [1.54, 1.807) is 0 Å². The van der Waals surface area contributed by atoms with E-state index >= 15 is 0 Å². The van der Waals surface area contributed by atoms with Crippen molar-refractivity contribution in [3.8, 4) is 0 Å². The van der Waals surface area contributed by atoms with Gasteiger partial charge >= 0.3 is 0 Å². The summed E-state index contributed by atoms with van der Waals surface area (Å²) in [6, 6.07) is 0. The lowest BCUT2D eigenvalue weighted by Crippen LogP contribution is -2.35. The number of aliphatic hydroxyl groups excluding tert-OH is 1. The molecule has 0 fully saturated rings. The number of aliphatic hydroxyl groups is 1. The van der Waals surface area contributed by atoms with E-state index in [4.69, 9.17) is 16.6 Å². The van der Waals surface area contributed by atoms with E-state index in [0.717, 1.165) is 0 Å². The van der Waals surface area contributed by atoms with Crippen molar-refractivity contribution in [3.05, 3.63) is 0 Å². The number of carbonyl (C=O) groups is 2. The third-order valence-electron chi connectivity index (χ3n) is 0.980. The van der Waals surface area contributed by atoms with Crippen LogP contribution in [0.5, 0.6) is 0 Å². The molecule has 0 aromatic carbocycles. The molecule has 0 aliphatic rings. The summed E-state index contributed by atoms with van der Waals surface area (Å²) in [6.07, 6.45) is -1.44. The van der Waals surface area contributed by atoms with Crippen molar-refractivity contribution in [3.63, 3.8) is 0 Å². The minimum Gasteiger partial charge on any atom is -0.371 e. The normalized spacial score (nSPS) is 12.5. The smallest absolute Gasteiger partial charge is 0.247 e. The van der Waals surface area contributed by atoms with Gasteiger partial charge in [0.25, 0.3) is 0 Å². The van der Waals surface area contributed by atoms with Gasteiger partial charge in [-0.1, -0.05) is 0 Å². The van der Waals surface area contributed by atoms with Crippen molar-refractivity contribution in [2.75, 3.05) is 6.79 Å². The van der Waals surface area contributed by atoms with E-state index in [1.165, 1.54) is 0 Å². The van der Waals surface area contributed by atoms with Crippen LogP contribution in [0.4, 0.5) is 0 Å². The van der Waals surface area contributed by atoms with Crippen LogP contribution in [0, 0.1) is 0 Å². The summed E-state index contributed by atoms with van der Waals surface area (Å²) in [5.74, 6) is -1.53. The maximum Gasteiger partial charge on any atom is 0.247 e. The fourth-order valence-corrected chi connectivity index (χ4v) is 0.514. The van der Waals surface area contributed by atoms with E-state index < -0.39 is 24.7 Å². The van der Waals surface area contributed by atoms with Crippen LogP contribution in [0.2, 0.25) is 0 Å². The predicted octanol–water partition coefficient (Wildman–Crippen LogP) is -2.32. The molecule has 0 rings (SSSR count). The van der Waals surface area contributed by atoms with Crippen LogP contribution in [0.15, 0.2) is 0 Å². The molecule has 6 nitrogen and oxygen atoms in total. The molecule has 0 aliphatic heterocycles. The molecule has 0 aromatic rings. The second kappa shape index (κ2) is 4.64. The average molecular weight is 162 g/mol. The van der Waals surface area contributed by atoms with Crippen LogP contribution < -0.4 is 11.5 Å². The Balaban J connectivity index is 3.89. The van der Waals surface area contributed by atoms with Crippen molar-refractivity contribution in [2.24, 2.45) is 11.5 Å². The number of amides is 2. The highest BCUT2D eigenvalue weighted by Gasteiger charge is 2.17. The maximum atomic E-state index is 10.4. The minimum absolute atomic E-state index is 0.310. The number of primary amides is 2. The Kier molecular flexibility index (Phi) is 4.16. The van der Waals surface area contributed by atoms with Gasteiger partial charge in [0.05, 0.1) is 6.42 Å². The van der Waals surface area contributed by atoms with E-state index in [9.17, 15) is 9.59 Å². The molecule has 0 spiro atoms. The lowest BCUT2D eigenvalue weighted by Gasteiger charge is -2.09. The molecular formula is C5H10N2O4. The Morgan fingerprint density at radius 3 is 2.27 bits per heavy atom. The van der Waals surface area contributed by atoms with Gasteiger partial charge in [0.2, 0.25) is 11.8 Å². The predicted molar refractivity (Wildman–Crippen MR) is 35.0 cm³/mol. The molecule has 2 amide bonds. The molecule has 1 atom stereocenters. The first-order chi connectivity index (χ1) is 5.07. The van der Waals surface area contributed by atoms with Gasteiger partial charge in [0, 0.05) is 0 Å². The van der Waals surface area contributed by atoms with Crippen molar-refractivity contribution < 1.29 is 19.4 Å². The monoisotopic (exact) mass is 162 g/mol. The molecule has 1 unspecified atom stereocenters. The largest absolute Gasteiger partial charge is 0.371 e. The summed E-state index contributed by atoms with van der Waals surface area (Å²) in [5.41, 5.74) is 9.54. The van der Waals surface area contributed by atoms with Crippen LogP contribution in [0.25, 0.3) is 0 Å². The van der Waals surface area contributed by atoms with Crippen LogP contribution in [-0.2, 0) is 14.3 Å². The summed E-state index contributed by atoms with van der Waals surface area (Å²) in [6.45, 7) is -0.666. The second-order valence-electron chi connectivity index (χ2n) is 1.86. The fraction of sp³-hybridized carbons (Fsp3) is 0.600. The van der Waals surface area contributed by atoms with E-state index in [0.29, 0.717) is 0 Å². The number of rotatable bonds is 5. The molecule has 5 N–H and O–H groups in total. The van der Waals surface area contributed by atoms with E-state index in [-0.39, 0.29) is 6.42 Å². The highest BCUT2D eigenvalue weighted by atomic mass is 16.6. The summed E-state index contributed by atoms with van der Waals surface area (Å²) in [5, 5.41) is 8.22. The van der Waals surface area contributed by atoms with Crippen molar-refractivity contribution in [1.82, 2.24) is 0 Å². The highest BCUT2D eigenvalue weighted by Crippen LogP contribution is 1.95.